The molecule has 0 heterocycles. The van der Waals surface area contributed by atoms with Gasteiger partial charge in [-0.3, -0.25) is 19.7 Å². The third kappa shape index (κ3) is 18.4. The fourth-order valence-corrected chi connectivity index (χ4v) is 2.76. The summed E-state index contributed by atoms with van der Waals surface area (Å²) in [6.45, 7) is 0. The maximum Gasteiger partial charge on any atom is 1.00 e. The fourth-order valence-electron chi connectivity index (χ4n) is 0.0113. The molecule has 0 aromatic heterocycles. The molecule has 0 nitrogen and oxygen atoms in total. The number of rotatable bonds is 2. The van der Waals surface area contributed by atoms with Crippen molar-refractivity contribution in [2.24, 2.45) is 0 Å². The van der Waals surface area contributed by atoms with E-state index in [1.807, 2.05) is 0 Å². The minimum atomic E-state index is 0. The van der Waals surface area contributed by atoms with E-state index in [-0.39, 0.29) is 116 Å². The Hall–Kier alpha value is 5.36. The van der Waals surface area contributed by atoms with Gasteiger partial charge in [0.2, 0.25) is 0 Å². The fraction of sp³-hybridized carbons (Fsp3) is 0. The summed E-state index contributed by atoms with van der Waals surface area (Å²) in [4.78, 5) is 0. The predicted molar refractivity (Wildman–Crippen MR) is 37.5 cm³/mol. The molecule has 0 aliphatic heterocycles. The van der Waals surface area contributed by atoms with Crippen LogP contribution in [0.4, 0.5) is 0 Å². The zero-order valence-electron chi connectivity index (χ0n) is 4.04. The van der Waals surface area contributed by atoms with E-state index in [2.05, 4.69) is 23.3 Å². The zero-order chi connectivity index (χ0) is 4.12. The number of hydrogen-bond donors (Lipinski definition) is 0. The first kappa shape index (κ1) is 18.2. The molecule has 0 spiro atoms. The van der Waals surface area contributed by atoms with Gasteiger partial charge >= 0.3 is 116 Å². The SMILES string of the molecule is [Rb+].[Rb+].[S-]SSS[S-]. The van der Waals surface area contributed by atoms with Gasteiger partial charge in [0.05, 0.1) is 0 Å². The van der Waals surface area contributed by atoms with E-state index in [1.54, 1.807) is 0 Å². The Balaban J connectivity index is -0.0000000800. The maximum absolute atomic E-state index is 4.44. The first-order valence-electron chi connectivity index (χ1n) is 0.667. The van der Waals surface area contributed by atoms with Crippen molar-refractivity contribution in [3.05, 3.63) is 0 Å². The van der Waals surface area contributed by atoms with Crippen molar-refractivity contribution in [3.63, 3.8) is 0 Å². The molecular formula is Rb2S5. The van der Waals surface area contributed by atoms with Crippen LogP contribution < -0.4 is 116 Å². The Kier molecular flexibility index (Phi) is 45.4. The molecule has 0 bridgehead atoms. The standard InChI is InChI=1S/2Rb.H2S5/c;;1-3-5-4-2/h;;1-2H/q2*+1;/p-2. The van der Waals surface area contributed by atoms with Gasteiger partial charge in [0.1, 0.15) is 0 Å². The van der Waals surface area contributed by atoms with Gasteiger partial charge in [0.15, 0.2) is 0 Å². The predicted octanol–water partition coefficient (Wildman–Crippen LogP) is -4.05. The summed E-state index contributed by atoms with van der Waals surface area (Å²) < 4.78 is 0. The van der Waals surface area contributed by atoms with Crippen molar-refractivity contribution >= 4 is 52.8 Å². The second-order valence-electron chi connectivity index (χ2n) is 0.204. The van der Waals surface area contributed by atoms with E-state index in [0.717, 1.165) is 0 Å². The Morgan fingerprint density at radius 1 is 0.857 bits per heavy atom. The molecule has 0 amide bonds. The summed E-state index contributed by atoms with van der Waals surface area (Å²) in [5, 5.41) is 0. The smallest absolute Gasteiger partial charge is 0.706 e. The molecule has 0 fully saturated rings. The number of hydrogen-bond acceptors (Lipinski definition) is 5. The van der Waals surface area contributed by atoms with Crippen molar-refractivity contribution in [1.29, 1.82) is 0 Å². The molecule has 0 aromatic rings. The monoisotopic (exact) mass is 330 g/mol. The van der Waals surface area contributed by atoms with Crippen LogP contribution >= 0.6 is 29.5 Å². The minimum absolute atomic E-state index is 0. The summed E-state index contributed by atoms with van der Waals surface area (Å²) in [5.41, 5.74) is 0. The first-order valence-corrected chi connectivity index (χ1v) is 6.00. The second kappa shape index (κ2) is 17.4. The van der Waals surface area contributed by atoms with E-state index >= 15 is 0 Å². The average molecular weight is 331 g/mol. The van der Waals surface area contributed by atoms with Crippen molar-refractivity contribution in [3.8, 4) is 0 Å². The zero-order valence-corrected chi connectivity index (χ0v) is 18.0. The van der Waals surface area contributed by atoms with Gasteiger partial charge in [-0.1, -0.05) is 9.83 Å². The summed E-state index contributed by atoms with van der Waals surface area (Å²) >= 11 is 8.89. The maximum atomic E-state index is 4.44. The molecule has 0 aliphatic rings. The summed E-state index contributed by atoms with van der Waals surface area (Å²) in [5.74, 6) is 0. The van der Waals surface area contributed by atoms with Crippen LogP contribution in [-0.4, -0.2) is 0 Å². The van der Waals surface area contributed by atoms with Crippen molar-refractivity contribution in [1.82, 2.24) is 0 Å². The van der Waals surface area contributed by atoms with Crippen LogP contribution in [0.15, 0.2) is 0 Å². The van der Waals surface area contributed by atoms with Crippen molar-refractivity contribution in [2.45, 2.75) is 0 Å². The van der Waals surface area contributed by atoms with Crippen LogP contribution in [0.3, 0.4) is 0 Å². The quantitative estimate of drug-likeness (QED) is 0.372. The summed E-state index contributed by atoms with van der Waals surface area (Å²) in [7, 11) is 3.95. The van der Waals surface area contributed by atoms with Gasteiger partial charge in [-0.2, -0.15) is 0 Å². The van der Waals surface area contributed by atoms with Crippen LogP contribution in [0.1, 0.15) is 0 Å². The Morgan fingerprint density at radius 2 is 1.14 bits per heavy atom. The van der Waals surface area contributed by atoms with Crippen LogP contribution in [-0.2, 0) is 23.3 Å². The molecule has 0 aromatic carbocycles. The molecule has 32 valence electrons. The minimum Gasteiger partial charge on any atom is -0.706 e. The van der Waals surface area contributed by atoms with Gasteiger partial charge in [-0.05, 0) is 0 Å². The molecular weight excluding hydrogens is 331 g/mol. The van der Waals surface area contributed by atoms with Crippen molar-refractivity contribution < 1.29 is 116 Å². The van der Waals surface area contributed by atoms with Crippen LogP contribution in [0.5, 0.6) is 0 Å². The molecule has 0 saturated carbocycles. The molecule has 0 rings (SSSR count). The van der Waals surface area contributed by atoms with E-state index in [1.165, 1.54) is 29.5 Å². The van der Waals surface area contributed by atoms with Crippen molar-refractivity contribution in [2.75, 3.05) is 0 Å². The summed E-state index contributed by atoms with van der Waals surface area (Å²) in [6, 6.07) is 0. The van der Waals surface area contributed by atoms with E-state index in [0.29, 0.717) is 0 Å². The largest absolute Gasteiger partial charge is 1.00 e. The Labute approximate surface area is 163 Å². The molecule has 0 aliphatic carbocycles. The van der Waals surface area contributed by atoms with Gasteiger partial charge in [0.25, 0.3) is 0 Å². The van der Waals surface area contributed by atoms with E-state index in [9.17, 15) is 0 Å². The first-order chi connectivity index (χ1) is 2.41. The molecule has 0 radical (unpaired) electrons. The third-order valence-electron chi connectivity index (χ3n) is 0.0556. The molecule has 7 heteroatoms. The van der Waals surface area contributed by atoms with Gasteiger partial charge in [-0.25, -0.2) is 0 Å². The Morgan fingerprint density at radius 3 is 1.14 bits per heavy atom. The van der Waals surface area contributed by atoms with Gasteiger partial charge in [-0.15, -0.1) is 0 Å². The molecule has 0 N–H and O–H groups in total. The second-order valence-corrected chi connectivity index (χ2v) is 5.51. The molecule has 7 heavy (non-hydrogen) atoms. The molecule has 0 atom stereocenters. The normalized spacial score (nSPS) is 6.00. The molecule has 0 saturated heterocycles. The summed E-state index contributed by atoms with van der Waals surface area (Å²) in [6.07, 6.45) is 0. The van der Waals surface area contributed by atoms with Crippen LogP contribution in [0.2, 0.25) is 0 Å². The van der Waals surface area contributed by atoms with Gasteiger partial charge in [0, 0.05) is 0 Å². The van der Waals surface area contributed by atoms with Gasteiger partial charge < -0.3 is 23.3 Å². The third-order valence-corrected chi connectivity index (χ3v) is 4.50. The van der Waals surface area contributed by atoms with E-state index < -0.39 is 0 Å². The Bertz CT molecular complexity index is 13.6. The molecule has 0 unspecified atom stereocenters. The van der Waals surface area contributed by atoms with Crippen LogP contribution in [0.25, 0.3) is 0 Å². The topological polar surface area (TPSA) is 0 Å². The van der Waals surface area contributed by atoms with Crippen LogP contribution in [0, 0.1) is 0 Å². The average Bonchev–Trinajstić information content (AvgIpc) is 1.41. The van der Waals surface area contributed by atoms with E-state index in [4.69, 9.17) is 0 Å².